The van der Waals surface area contributed by atoms with Gasteiger partial charge in [0.15, 0.2) is 0 Å². The second-order valence-electron chi connectivity index (χ2n) is 12.4. The largest absolute Gasteiger partial charge is 0.314 e. The van der Waals surface area contributed by atoms with Gasteiger partial charge in [0.2, 0.25) is 0 Å². The molecule has 0 spiro atoms. The van der Waals surface area contributed by atoms with Crippen molar-refractivity contribution < 1.29 is 0 Å². The van der Waals surface area contributed by atoms with Crippen molar-refractivity contribution in [1.82, 2.24) is 10.6 Å². The lowest BCUT2D eigenvalue weighted by Crippen LogP contribution is -2.42. The summed E-state index contributed by atoms with van der Waals surface area (Å²) in [5, 5.41) is 7.80. The third kappa shape index (κ3) is 11.5. The predicted octanol–water partition coefficient (Wildman–Crippen LogP) is 9.03. The highest BCUT2D eigenvalue weighted by Gasteiger charge is 2.40. The lowest BCUT2D eigenvalue weighted by atomic mass is 9.60. The van der Waals surface area contributed by atoms with E-state index in [0.717, 1.165) is 23.9 Å². The summed E-state index contributed by atoms with van der Waals surface area (Å²) < 4.78 is 0. The van der Waals surface area contributed by atoms with Crippen LogP contribution < -0.4 is 10.6 Å². The highest BCUT2D eigenvalue weighted by Crippen LogP contribution is 2.48. The highest BCUT2D eigenvalue weighted by atomic mass is 14.9. The lowest BCUT2D eigenvalue weighted by Gasteiger charge is -2.47. The van der Waals surface area contributed by atoms with Crippen molar-refractivity contribution in [3.63, 3.8) is 0 Å². The molecule has 2 heteroatoms. The van der Waals surface area contributed by atoms with Crippen molar-refractivity contribution >= 4 is 0 Å². The summed E-state index contributed by atoms with van der Waals surface area (Å²) >= 11 is 0. The van der Waals surface area contributed by atoms with E-state index in [4.69, 9.17) is 0 Å². The molecule has 0 aromatic heterocycles. The smallest absolute Gasteiger partial charge is 0.00672 e. The van der Waals surface area contributed by atoms with Crippen LogP contribution in [0.3, 0.4) is 0 Å². The molecular weight excluding hydrogens is 400 g/mol. The van der Waals surface area contributed by atoms with Gasteiger partial charge in [0, 0.05) is 12.1 Å². The molecule has 2 rings (SSSR count). The molecule has 0 amide bonds. The first-order valence-electron chi connectivity index (χ1n) is 15.5. The van der Waals surface area contributed by atoms with E-state index in [1.165, 1.54) is 142 Å². The second-order valence-corrected chi connectivity index (χ2v) is 12.4. The Bertz CT molecular complexity index is 404. The molecule has 196 valence electrons. The van der Waals surface area contributed by atoms with Crippen LogP contribution in [0.4, 0.5) is 0 Å². The predicted molar refractivity (Wildman–Crippen MR) is 148 cm³/mol. The average Bonchev–Trinajstić information content (AvgIpc) is 2.83. The molecule has 0 aromatic rings. The van der Waals surface area contributed by atoms with E-state index < -0.39 is 0 Å². The lowest BCUT2D eigenvalue weighted by molar-refractivity contribution is 0.0468. The maximum absolute atomic E-state index is 3.90. The Balaban J connectivity index is 1.54. The van der Waals surface area contributed by atoms with E-state index in [9.17, 15) is 0 Å². The van der Waals surface area contributed by atoms with Crippen LogP contribution in [-0.4, -0.2) is 25.2 Å². The number of rotatable bonds is 18. The minimum Gasteiger partial charge on any atom is -0.314 e. The van der Waals surface area contributed by atoms with E-state index in [0.29, 0.717) is 5.41 Å². The van der Waals surface area contributed by atoms with Crippen LogP contribution >= 0.6 is 0 Å². The zero-order valence-electron chi connectivity index (χ0n) is 23.4. The first kappa shape index (κ1) is 29.2. The summed E-state index contributed by atoms with van der Waals surface area (Å²) in [5.41, 5.74) is 0.536. The van der Waals surface area contributed by atoms with E-state index in [-0.39, 0.29) is 0 Å². The quantitative estimate of drug-likeness (QED) is 0.198. The van der Waals surface area contributed by atoms with Gasteiger partial charge in [-0.2, -0.15) is 0 Å². The van der Waals surface area contributed by atoms with Crippen molar-refractivity contribution in [2.75, 3.05) is 13.1 Å². The monoisotopic (exact) mass is 462 g/mol. The normalized spacial score (nSPS) is 26.5. The van der Waals surface area contributed by atoms with Crippen LogP contribution in [0.2, 0.25) is 0 Å². The van der Waals surface area contributed by atoms with Gasteiger partial charge in [-0.1, -0.05) is 91.9 Å². The summed E-state index contributed by atoms with van der Waals surface area (Å²) in [6.45, 7) is 12.4. The molecule has 0 heterocycles. The number of hydrogen-bond acceptors (Lipinski definition) is 2. The molecule has 0 atom stereocenters. The van der Waals surface area contributed by atoms with Gasteiger partial charge in [-0.25, -0.2) is 0 Å². The molecule has 0 bridgehead atoms. The highest BCUT2D eigenvalue weighted by molar-refractivity contribution is 4.92. The summed E-state index contributed by atoms with van der Waals surface area (Å²) in [6, 6.07) is 1.60. The Morgan fingerprint density at radius 1 is 0.485 bits per heavy atom. The third-order valence-corrected chi connectivity index (χ3v) is 9.49. The molecule has 2 aliphatic rings. The molecule has 2 saturated carbocycles. The fraction of sp³-hybridized carbons (Fsp3) is 1.00. The van der Waals surface area contributed by atoms with Crippen LogP contribution in [0.1, 0.15) is 156 Å². The Hall–Kier alpha value is -0.0800. The number of hydrogen-bond donors (Lipinski definition) is 2. The molecule has 0 saturated heterocycles. The molecule has 0 aromatic carbocycles. The molecule has 33 heavy (non-hydrogen) atoms. The van der Waals surface area contributed by atoms with Crippen LogP contribution in [0.15, 0.2) is 0 Å². The SMILES string of the molecule is CCCCCCCCNC1CCC(C(C)(C)C2CCC(NCCCCCCCC)CC2)CC1. The van der Waals surface area contributed by atoms with Crippen LogP contribution in [0.5, 0.6) is 0 Å². The summed E-state index contributed by atoms with van der Waals surface area (Å²) in [4.78, 5) is 0. The van der Waals surface area contributed by atoms with Gasteiger partial charge in [-0.3, -0.25) is 0 Å². The van der Waals surface area contributed by atoms with E-state index in [1.807, 2.05) is 0 Å². The summed E-state index contributed by atoms with van der Waals surface area (Å²) in [6.07, 6.45) is 28.4. The minimum atomic E-state index is 0.536. The van der Waals surface area contributed by atoms with Gasteiger partial charge in [0.05, 0.1) is 0 Å². The topological polar surface area (TPSA) is 24.1 Å². The Labute approximate surface area is 209 Å². The maximum atomic E-state index is 3.90. The van der Waals surface area contributed by atoms with E-state index in [2.05, 4.69) is 38.3 Å². The molecule has 0 unspecified atom stereocenters. The van der Waals surface area contributed by atoms with Crippen molar-refractivity contribution in [2.45, 2.75) is 168 Å². The Kier molecular flexibility index (Phi) is 15.3. The molecule has 2 aliphatic carbocycles. The van der Waals surface area contributed by atoms with Gasteiger partial charge in [-0.15, -0.1) is 0 Å². The number of unbranched alkanes of at least 4 members (excludes halogenated alkanes) is 10. The minimum absolute atomic E-state index is 0.536. The summed E-state index contributed by atoms with van der Waals surface area (Å²) in [7, 11) is 0. The van der Waals surface area contributed by atoms with Gasteiger partial charge in [-0.05, 0) is 94.5 Å². The molecule has 2 N–H and O–H groups in total. The standard InChI is InChI=1S/C31H62N2/c1-5-7-9-11-13-15-25-32-29-21-17-27(18-22-29)31(3,4)28-19-23-30(24-20-28)33-26-16-14-12-10-8-6-2/h27-30,32-33H,5-26H2,1-4H3. The zero-order chi connectivity index (χ0) is 23.8. The average molecular weight is 463 g/mol. The molecule has 0 radical (unpaired) electrons. The van der Waals surface area contributed by atoms with Crippen molar-refractivity contribution in [2.24, 2.45) is 17.3 Å². The Morgan fingerprint density at radius 2 is 0.818 bits per heavy atom. The van der Waals surface area contributed by atoms with E-state index >= 15 is 0 Å². The second kappa shape index (κ2) is 17.4. The maximum Gasteiger partial charge on any atom is 0.00672 e. The van der Waals surface area contributed by atoms with Crippen molar-refractivity contribution in [3.05, 3.63) is 0 Å². The zero-order valence-corrected chi connectivity index (χ0v) is 23.4. The van der Waals surface area contributed by atoms with E-state index in [1.54, 1.807) is 0 Å². The van der Waals surface area contributed by atoms with Gasteiger partial charge in [0.25, 0.3) is 0 Å². The fourth-order valence-electron chi connectivity index (χ4n) is 6.84. The summed E-state index contributed by atoms with van der Waals surface area (Å²) in [5.74, 6) is 1.89. The number of nitrogens with one attached hydrogen (secondary N) is 2. The van der Waals surface area contributed by atoms with Gasteiger partial charge >= 0.3 is 0 Å². The molecule has 2 fully saturated rings. The molecule has 2 nitrogen and oxygen atoms in total. The molecule has 0 aliphatic heterocycles. The van der Waals surface area contributed by atoms with Crippen LogP contribution in [0, 0.1) is 17.3 Å². The van der Waals surface area contributed by atoms with Crippen LogP contribution in [-0.2, 0) is 0 Å². The first-order chi connectivity index (χ1) is 16.1. The van der Waals surface area contributed by atoms with Crippen molar-refractivity contribution in [1.29, 1.82) is 0 Å². The first-order valence-corrected chi connectivity index (χ1v) is 15.5. The third-order valence-electron chi connectivity index (χ3n) is 9.49. The fourth-order valence-corrected chi connectivity index (χ4v) is 6.84. The molecular formula is C31H62N2. The van der Waals surface area contributed by atoms with Gasteiger partial charge in [0.1, 0.15) is 0 Å². The van der Waals surface area contributed by atoms with Crippen LogP contribution in [0.25, 0.3) is 0 Å². The Morgan fingerprint density at radius 3 is 1.18 bits per heavy atom. The van der Waals surface area contributed by atoms with Gasteiger partial charge < -0.3 is 10.6 Å². The van der Waals surface area contributed by atoms with Crippen molar-refractivity contribution in [3.8, 4) is 0 Å².